The van der Waals surface area contributed by atoms with Crippen LogP contribution in [-0.2, 0) is 20.0 Å². The number of nitrogens with zero attached hydrogens (tertiary/aromatic N) is 4. The molecule has 4 rings (SSSR count). The normalized spacial score (nSPS) is 13.6. The molecule has 142 valence electrons. The van der Waals surface area contributed by atoms with E-state index in [9.17, 15) is 0 Å². The van der Waals surface area contributed by atoms with E-state index in [1.54, 1.807) is 0 Å². The first-order valence-corrected chi connectivity index (χ1v) is 9.11. The highest BCUT2D eigenvalue weighted by Gasteiger charge is 2.15. The predicted molar refractivity (Wildman–Crippen MR) is 98.7 cm³/mol. The molecule has 0 spiro atoms. The minimum absolute atomic E-state index is 0.648. The van der Waals surface area contributed by atoms with E-state index in [1.807, 2.05) is 43.0 Å². The third-order valence-electron chi connectivity index (χ3n) is 4.33. The Morgan fingerprint density at radius 2 is 2.04 bits per heavy atom. The molecule has 0 saturated heterocycles. The summed E-state index contributed by atoms with van der Waals surface area (Å²) in [5.41, 5.74) is 3.08. The van der Waals surface area contributed by atoms with Crippen LogP contribution in [0.1, 0.15) is 23.7 Å². The van der Waals surface area contributed by atoms with Crippen LogP contribution in [0.15, 0.2) is 28.9 Å². The van der Waals surface area contributed by atoms with Gasteiger partial charge in [0.25, 0.3) is 0 Å². The molecule has 1 aliphatic heterocycles. The Bertz CT molecular complexity index is 918. The third-order valence-corrected chi connectivity index (χ3v) is 4.33. The predicted octanol–water partition coefficient (Wildman–Crippen LogP) is 2.27. The van der Waals surface area contributed by atoms with Crippen molar-refractivity contribution in [1.29, 1.82) is 0 Å². The Hall–Kier alpha value is -2.87. The summed E-state index contributed by atoms with van der Waals surface area (Å²) in [5.74, 6) is 2.88. The van der Waals surface area contributed by atoms with Crippen molar-refractivity contribution in [2.24, 2.45) is 7.05 Å². The average Bonchev–Trinajstić information content (AvgIpc) is 3.15. The first kappa shape index (κ1) is 17.5. The van der Waals surface area contributed by atoms with Gasteiger partial charge in [-0.05, 0) is 25.1 Å². The van der Waals surface area contributed by atoms with E-state index in [2.05, 4.69) is 20.6 Å². The summed E-state index contributed by atoms with van der Waals surface area (Å²) >= 11 is 0. The molecule has 0 bridgehead atoms. The van der Waals surface area contributed by atoms with Gasteiger partial charge in [0.15, 0.2) is 17.3 Å². The van der Waals surface area contributed by atoms with Crippen LogP contribution >= 0.6 is 0 Å². The fourth-order valence-electron chi connectivity index (χ4n) is 3.08. The second kappa shape index (κ2) is 7.79. The molecule has 0 amide bonds. The lowest BCUT2D eigenvalue weighted by Gasteiger charge is -2.09. The molecular formula is C19H23N5O3. The Morgan fingerprint density at radius 3 is 2.85 bits per heavy atom. The first-order chi connectivity index (χ1) is 13.2. The van der Waals surface area contributed by atoms with Crippen LogP contribution in [-0.4, -0.2) is 39.7 Å². The molecule has 0 atom stereocenters. The van der Waals surface area contributed by atoms with Gasteiger partial charge in [-0.3, -0.25) is 4.68 Å². The molecular weight excluding hydrogens is 346 g/mol. The maximum absolute atomic E-state index is 5.81. The first-order valence-electron chi connectivity index (χ1n) is 9.11. The van der Waals surface area contributed by atoms with E-state index in [-0.39, 0.29) is 0 Å². The Morgan fingerprint density at radius 1 is 1.19 bits per heavy atom. The van der Waals surface area contributed by atoms with Gasteiger partial charge in [-0.1, -0.05) is 5.16 Å². The smallest absolute Gasteiger partial charge is 0.227 e. The molecule has 0 saturated carbocycles. The van der Waals surface area contributed by atoms with Crippen molar-refractivity contribution in [3.8, 4) is 22.8 Å². The maximum atomic E-state index is 5.81. The zero-order chi connectivity index (χ0) is 18.6. The van der Waals surface area contributed by atoms with Crippen molar-refractivity contribution >= 4 is 0 Å². The standard InChI is InChI=1S/C19H23N5O3/c1-13-21-18(27-23-13)6-7-20-11-15-12-24(2)22-19(15)14-4-5-16-17(10-14)26-9-3-8-25-16/h4-5,10,12,20H,3,6-9,11H2,1-2H3. The van der Waals surface area contributed by atoms with Gasteiger partial charge >= 0.3 is 0 Å². The molecule has 8 nitrogen and oxygen atoms in total. The summed E-state index contributed by atoms with van der Waals surface area (Å²) < 4.78 is 18.5. The number of hydrogen-bond donors (Lipinski definition) is 1. The lowest BCUT2D eigenvalue weighted by atomic mass is 10.1. The number of benzene rings is 1. The second-order valence-electron chi connectivity index (χ2n) is 6.55. The van der Waals surface area contributed by atoms with E-state index < -0.39 is 0 Å². The molecule has 0 aliphatic carbocycles. The molecule has 1 aliphatic rings. The van der Waals surface area contributed by atoms with E-state index in [0.717, 1.165) is 41.3 Å². The third kappa shape index (κ3) is 4.11. The van der Waals surface area contributed by atoms with Crippen molar-refractivity contribution in [1.82, 2.24) is 25.2 Å². The molecule has 0 radical (unpaired) electrons. The van der Waals surface area contributed by atoms with Crippen LogP contribution in [0.25, 0.3) is 11.3 Å². The molecule has 8 heteroatoms. The summed E-state index contributed by atoms with van der Waals surface area (Å²) in [4.78, 5) is 4.21. The van der Waals surface area contributed by atoms with Crippen molar-refractivity contribution in [3.63, 3.8) is 0 Å². The molecule has 0 fully saturated rings. The SMILES string of the molecule is Cc1noc(CCNCc2cn(C)nc2-c2ccc3c(c2)OCCCO3)n1. The number of rotatable bonds is 6. The highest BCUT2D eigenvalue weighted by molar-refractivity contribution is 5.66. The minimum atomic E-state index is 0.648. The number of aromatic nitrogens is 4. The van der Waals surface area contributed by atoms with Crippen molar-refractivity contribution in [2.75, 3.05) is 19.8 Å². The zero-order valence-electron chi connectivity index (χ0n) is 15.6. The number of nitrogens with one attached hydrogen (secondary N) is 1. The highest BCUT2D eigenvalue weighted by atomic mass is 16.5. The van der Waals surface area contributed by atoms with Gasteiger partial charge in [-0.15, -0.1) is 0 Å². The summed E-state index contributed by atoms with van der Waals surface area (Å²) in [6.07, 6.45) is 3.62. The van der Waals surface area contributed by atoms with Crippen LogP contribution < -0.4 is 14.8 Å². The zero-order valence-corrected chi connectivity index (χ0v) is 15.6. The summed E-state index contributed by atoms with van der Waals surface area (Å²) in [6, 6.07) is 5.99. The van der Waals surface area contributed by atoms with E-state index in [0.29, 0.717) is 37.9 Å². The lowest BCUT2D eigenvalue weighted by molar-refractivity contribution is 0.297. The molecule has 2 aromatic heterocycles. The van der Waals surface area contributed by atoms with Crippen LogP contribution in [0.3, 0.4) is 0 Å². The number of aryl methyl sites for hydroxylation is 2. The van der Waals surface area contributed by atoms with Crippen LogP contribution in [0.2, 0.25) is 0 Å². The average molecular weight is 369 g/mol. The molecule has 3 aromatic rings. The van der Waals surface area contributed by atoms with Gasteiger partial charge < -0.3 is 19.3 Å². The van der Waals surface area contributed by atoms with Gasteiger partial charge in [-0.2, -0.15) is 10.1 Å². The fourth-order valence-corrected chi connectivity index (χ4v) is 3.08. The van der Waals surface area contributed by atoms with Crippen LogP contribution in [0.4, 0.5) is 0 Å². The molecule has 3 heterocycles. The highest BCUT2D eigenvalue weighted by Crippen LogP contribution is 2.34. The monoisotopic (exact) mass is 369 g/mol. The summed E-state index contributed by atoms with van der Waals surface area (Å²) in [6.45, 7) is 4.62. The maximum Gasteiger partial charge on any atom is 0.227 e. The molecule has 0 unspecified atom stereocenters. The lowest BCUT2D eigenvalue weighted by Crippen LogP contribution is -2.17. The number of ether oxygens (including phenoxy) is 2. The number of hydrogen-bond acceptors (Lipinski definition) is 7. The van der Waals surface area contributed by atoms with E-state index in [4.69, 9.17) is 14.0 Å². The van der Waals surface area contributed by atoms with Crippen molar-refractivity contribution < 1.29 is 14.0 Å². The summed E-state index contributed by atoms with van der Waals surface area (Å²) in [5, 5.41) is 11.9. The van der Waals surface area contributed by atoms with Gasteiger partial charge in [0.2, 0.25) is 5.89 Å². The summed E-state index contributed by atoms with van der Waals surface area (Å²) in [7, 11) is 1.93. The molecule has 1 aromatic carbocycles. The van der Waals surface area contributed by atoms with Gasteiger partial charge in [0.05, 0.1) is 18.9 Å². The fraction of sp³-hybridized carbons (Fsp3) is 0.421. The van der Waals surface area contributed by atoms with Crippen LogP contribution in [0, 0.1) is 6.92 Å². The van der Waals surface area contributed by atoms with Crippen molar-refractivity contribution in [3.05, 3.63) is 41.7 Å². The Balaban J connectivity index is 1.45. The largest absolute Gasteiger partial charge is 0.490 e. The van der Waals surface area contributed by atoms with Gasteiger partial charge in [0, 0.05) is 50.3 Å². The number of fused-ring (bicyclic) bond motifs is 1. The quantitative estimate of drug-likeness (QED) is 0.667. The van der Waals surface area contributed by atoms with E-state index >= 15 is 0 Å². The second-order valence-corrected chi connectivity index (χ2v) is 6.55. The Kier molecular flexibility index (Phi) is 5.06. The van der Waals surface area contributed by atoms with Crippen LogP contribution in [0.5, 0.6) is 11.5 Å². The van der Waals surface area contributed by atoms with Gasteiger partial charge in [-0.25, -0.2) is 0 Å². The van der Waals surface area contributed by atoms with E-state index in [1.165, 1.54) is 0 Å². The molecule has 27 heavy (non-hydrogen) atoms. The van der Waals surface area contributed by atoms with Crippen molar-refractivity contribution in [2.45, 2.75) is 26.3 Å². The van der Waals surface area contributed by atoms with Gasteiger partial charge in [0.1, 0.15) is 0 Å². The molecule has 1 N–H and O–H groups in total. The Labute approximate surface area is 157 Å². The topological polar surface area (TPSA) is 87.2 Å². The minimum Gasteiger partial charge on any atom is -0.490 e.